The van der Waals surface area contributed by atoms with Crippen molar-refractivity contribution in [3.8, 4) is 6.19 Å². The van der Waals surface area contributed by atoms with E-state index in [1.54, 1.807) is 9.80 Å². The van der Waals surface area contributed by atoms with Gasteiger partial charge in [0.1, 0.15) is 0 Å². The molecule has 2 aliphatic heterocycles. The molecule has 2 aliphatic rings. The molecule has 1 aromatic carbocycles. The minimum Gasteiger partial charge on any atom is -0.333 e. The molecule has 5 nitrogen and oxygen atoms in total. The molecule has 1 aromatic rings. The lowest BCUT2D eigenvalue weighted by Gasteiger charge is -2.25. The van der Waals surface area contributed by atoms with E-state index >= 15 is 0 Å². The Morgan fingerprint density at radius 2 is 2.04 bits per heavy atom. The zero-order chi connectivity index (χ0) is 16.8. The van der Waals surface area contributed by atoms with Gasteiger partial charge in [0, 0.05) is 25.8 Å². The highest BCUT2D eigenvalue weighted by Crippen LogP contribution is 2.27. The van der Waals surface area contributed by atoms with E-state index < -0.39 is 0 Å². The van der Waals surface area contributed by atoms with Crippen molar-refractivity contribution in [3.05, 3.63) is 48.2 Å². The maximum Gasteiger partial charge on any atom is 0.321 e. The molecule has 126 valence electrons. The summed E-state index contributed by atoms with van der Waals surface area (Å²) in [6.07, 6.45) is 10.0. The van der Waals surface area contributed by atoms with Gasteiger partial charge in [-0.05, 0) is 37.2 Å². The van der Waals surface area contributed by atoms with Crippen LogP contribution in [0.1, 0.15) is 37.2 Å². The summed E-state index contributed by atoms with van der Waals surface area (Å²) in [7, 11) is 0. The highest BCUT2D eigenvalue weighted by Gasteiger charge is 2.25. The molecular weight excluding hydrogens is 300 g/mol. The molecule has 0 saturated carbocycles. The summed E-state index contributed by atoms with van der Waals surface area (Å²) < 4.78 is 0. The van der Waals surface area contributed by atoms with Crippen LogP contribution in [0, 0.1) is 11.5 Å². The molecule has 1 fully saturated rings. The fraction of sp³-hybridized carbons (Fsp3) is 0.474. The number of hydrogen-bond donors (Lipinski definition) is 1. The number of urea groups is 1. The molecule has 1 saturated heterocycles. The summed E-state index contributed by atoms with van der Waals surface area (Å²) >= 11 is 0. The summed E-state index contributed by atoms with van der Waals surface area (Å²) in [5.74, 6) is 0.534. The van der Waals surface area contributed by atoms with Crippen LogP contribution in [0.25, 0.3) is 0 Å². The topological polar surface area (TPSA) is 59.4 Å². The van der Waals surface area contributed by atoms with Gasteiger partial charge in [-0.1, -0.05) is 36.4 Å². The van der Waals surface area contributed by atoms with Gasteiger partial charge < -0.3 is 15.1 Å². The maximum atomic E-state index is 12.4. The van der Waals surface area contributed by atoms with E-state index in [0.717, 1.165) is 38.8 Å². The molecule has 2 heterocycles. The van der Waals surface area contributed by atoms with Crippen LogP contribution in [0.4, 0.5) is 4.79 Å². The quantitative estimate of drug-likeness (QED) is 0.851. The fourth-order valence-corrected chi connectivity index (χ4v) is 3.48. The van der Waals surface area contributed by atoms with Crippen molar-refractivity contribution < 1.29 is 4.79 Å². The first kappa shape index (κ1) is 16.4. The second kappa shape index (κ2) is 7.87. The Morgan fingerprint density at radius 3 is 2.79 bits per heavy atom. The van der Waals surface area contributed by atoms with Crippen LogP contribution in [-0.2, 0) is 0 Å². The monoisotopic (exact) mass is 324 g/mol. The van der Waals surface area contributed by atoms with Crippen molar-refractivity contribution in [2.75, 3.05) is 19.6 Å². The molecule has 1 N–H and O–H groups in total. The van der Waals surface area contributed by atoms with Crippen LogP contribution in [0.5, 0.6) is 0 Å². The van der Waals surface area contributed by atoms with Gasteiger partial charge >= 0.3 is 6.03 Å². The number of nitrogens with zero attached hydrogens (tertiary/aromatic N) is 3. The average Bonchev–Trinajstić information content (AvgIpc) is 3.03. The van der Waals surface area contributed by atoms with Crippen molar-refractivity contribution in [1.29, 1.82) is 5.26 Å². The van der Waals surface area contributed by atoms with Crippen molar-refractivity contribution in [2.24, 2.45) is 0 Å². The molecule has 3 rings (SSSR count). The van der Waals surface area contributed by atoms with Gasteiger partial charge in [-0.2, -0.15) is 5.26 Å². The van der Waals surface area contributed by atoms with Gasteiger partial charge in [-0.15, -0.1) is 0 Å². The van der Waals surface area contributed by atoms with Crippen molar-refractivity contribution >= 4 is 6.03 Å². The molecule has 24 heavy (non-hydrogen) atoms. The number of allylic oxidation sites excluding steroid dienone is 1. The molecule has 5 heteroatoms. The molecule has 2 amide bonds. The smallest absolute Gasteiger partial charge is 0.321 e. The third-order valence-electron chi connectivity index (χ3n) is 4.85. The maximum absolute atomic E-state index is 12.4. The Bertz CT molecular complexity index is 622. The molecular formula is C19H24N4O. The van der Waals surface area contributed by atoms with Crippen LogP contribution in [0.2, 0.25) is 0 Å². The third kappa shape index (κ3) is 4.08. The number of nitrogens with one attached hydrogen (secondary N) is 1. The van der Waals surface area contributed by atoms with Crippen molar-refractivity contribution in [3.63, 3.8) is 0 Å². The third-order valence-corrected chi connectivity index (χ3v) is 4.85. The normalized spacial score (nSPS) is 25.5. The van der Waals surface area contributed by atoms with Crippen LogP contribution in [-0.4, -0.2) is 41.5 Å². The van der Waals surface area contributed by atoms with E-state index in [9.17, 15) is 4.79 Å². The Labute approximate surface area is 143 Å². The standard InChI is InChI=1S/C19H24N4O/c20-15-22-13-10-18(14-22)21-19(24)23-11-4-8-17(9-5-12-23)16-6-2-1-3-7-16/h1-4,6-7,11,17-18H,5,8-10,12-14H2,(H,21,24)/b11-4-/t17?,18-/m1/s1. The lowest BCUT2D eigenvalue weighted by Crippen LogP contribution is -2.44. The van der Waals surface area contributed by atoms with E-state index in [1.165, 1.54) is 5.56 Å². The van der Waals surface area contributed by atoms with Gasteiger partial charge in [0.2, 0.25) is 0 Å². The minimum atomic E-state index is -0.0470. The SMILES string of the molecule is N#CN1CC[C@@H](NC(=O)N2/C=C\CC(c3ccccc3)CCC2)C1. The van der Waals surface area contributed by atoms with E-state index in [2.05, 4.69) is 41.9 Å². The summed E-state index contributed by atoms with van der Waals surface area (Å²) in [6.45, 7) is 2.09. The fourth-order valence-electron chi connectivity index (χ4n) is 3.48. The largest absolute Gasteiger partial charge is 0.333 e. The summed E-state index contributed by atoms with van der Waals surface area (Å²) in [5, 5.41) is 11.9. The van der Waals surface area contributed by atoms with Crippen LogP contribution >= 0.6 is 0 Å². The van der Waals surface area contributed by atoms with Gasteiger partial charge in [0.05, 0.1) is 6.04 Å². The Hall–Kier alpha value is -2.48. The molecule has 0 aromatic heterocycles. The van der Waals surface area contributed by atoms with Gasteiger partial charge in [0.25, 0.3) is 0 Å². The molecule has 0 bridgehead atoms. The number of carbonyl (C=O) groups excluding carboxylic acids is 1. The second-order valence-corrected chi connectivity index (χ2v) is 6.54. The summed E-state index contributed by atoms with van der Waals surface area (Å²) in [6, 6.07) is 10.6. The Morgan fingerprint density at radius 1 is 1.21 bits per heavy atom. The first-order valence-corrected chi connectivity index (χ1v) is 8.69. The van der Waals surface area contributed by atoms with E-state index in [0.29, 0.717) is 12.5 Å². The minimum absolute atomic E-state index is 0.0470. The molecule has 0 aliphatic carbocycles. The molecule has 2 atom stereocenters. The summed E-state index contributed by atoms with van der Waals surface area (Å²) in [5.41, 5.74) is 1.38. The zero-order valence-corrected chi connectivity index (χ0v) is 13.9. The van der Waals surface area contributed by atoms with Crippen LogP contribution in [0.15, 0.2) is 42.6 Å². The zero-order valence-electron chi connectivity index (χ0n) is 13.9. The predicted octanol–water partition coefficient (Wildman–Crippen LogP) is 3.03. The van der Waals surface area contributed by atoms with Crippen molar-refractivity contribution in [2.45, 2.75) is 37.6 Å². The number of benzene rings is 1. The highest BCUT2D eigenvalue weighted by atomic mass is 16.2. The van der Waals surface area contributed by atoms with E-state index in [1.807, 2.05) is 12.3 Å². The lowest BCUT2D eigenvalue weighted by atomic mass is 9.90. The second-order valence-electron chi connectivity index (χ2n) is 6.54. The van der Waals surface area contributed by atoms with Crippen molar-refractivity contribution in [1.82, 2.24) is 15.1 Å². The van der Waals surface area contributed by atoms with Gasteiger partial charge in [0.15, 0.2) is 6.19 Å². The van der Waals surface area contributed by atoms with Gasteiger partial charge in [-0.25, -0.2) is 4.79 Å². The van der Waals surface area contributed by atoms with E-state index in [4.69, 9.17) is 5.26 Å². The number of carbonyl (C=O) groups is 1. The predicted molar refractivity (Wildman–Crippen MR) is 93.0 cm³/mol. The number of amides is 2. The first-order chi connectivity index (χ1) is 11.8. The van der Waals surface area contributed by atoms with Gasteiger partial charge in [-0.3, -0.25) is 0 Å². The molecule has 0 radical (unpaired) electrons. The molecule has 0 spiro atoms. The highest BCUT2D eigenvalue weighted by molar-refractivity contribution is 5.75. The van der Waals surface area contributed by atoms with Crippen LogP contribution in [0.3, 0.4) is 0 Å². The first-order valence-electron chi connectivity index (χ1n) is 8.69. The number of nitriles is 1. The van der Waals surface area contributed by atoms with Crippen LogP contribution < -0.4 is 5.32 Å². The average molecular weight is 324 g/mol. The number of likely N-dealkylation sites (tertiary alicyclic amines) is 1. The molecule has 1 unspecified atom stereocenters. The number of hydrogen-bond acceptors (Lipinski definition) is 3. The summed E-state index contributed by atoms with van der Waals surface area (Å²) in [4.78, 5) is 15.9. The number of rotatable bonds is 2. The Kier molecular flexibility index (Phi) is 5.37. The lowest BCUT2D eigenvalue weighted by molar-refractivity contribution is 0.209. The van der Waals surface area contributed by atoms with E-state index in [-0.39, 0.29) is 12.1 Å². The Balaban J connectivity index is 1.54.